The second kappa shape index (κ2) is 6.00. The van der Waals surface area contributed by atoms with E-state index in [4.69, 9.17) is 23.1 Å². The molecule has 1 rings (SSSR count). The molecule has 0 saturated carbocycles. The third-order valence-corrected chi connectivity index (χ3v) is 3.02. The maximum absolute atomic E-state index is 5.95. The average molecular weight is 244 g/mol. The first kappa shape index (κ1) is 12.4. The van der Waals surface area contributed by atoms with Gasteiger partial charge < -0.3 is 11.5 Å². The fourth-order valence-corrected chi connectivity index (χ4v) is 1.87. The molecule has 3 nitrogen and oxygen atoms in total. The Morgan fingerprint density at radius 1 is 1.53 bits per heavy atom. The Hall–Kier alpha value is -0.710. The van der Waals surface area contributed by atoms with Gasteiger partial charge in [0.15, 0.2) is 0 Å². The standard InChI is InChI=1S/C10H14ClN3S/c1-7(13)14-15-6-8-2-3-10(11)9(4-8)5-12/h2-4H,5-6,12H2,1H3,(H2,13,14). The van der Waals surface area contributed by atoms with Crippen LogP contribution in [0, 0.1) is 0 Å². The summed E-state index contributed by atoms with van der Waals surface area (Å²) < 4.78 is 4.04. The van der Waals surface area contributed by atoms with E-state index in [0.29, 0.717) is 17.4 Å². The number of hydrogen-bond donors (Lipinski definition) is 2. The lowest BCUT2D eigenvalue weighted by molar-refractivity contribution is 1.06. The number of nitrogens with zero attached hydrogens (tertiary/aromatic N) is 1. The summed E-state index contributed by atoms with van der Waals surface area (Å²) in [4.78, 5) is 0. The van der Waals surface area contributed by atoms with Crippen molar-refractivity contribution in [2.45, 2.75) is 19.2 Å². The fraction of sp³-hybridized carbons (Fsp3) is 0.300. The Bertz CT molecular complexity index is 362. The molecule has 82 valence electrons. The maximum atomic E-state index is 5.95. The van der Waals surface area contributed by atoms with E-state index in [2.05, 4.69) is 4.40 Å². The largest absolute Gasteiger partial charge is 0.387 e. The van der Waals surface area contributed by atoms with Crippen LogP contribution in [0.2, 0.25) is 5.02 Å². The molecule has 0 saturated heterocycles. The van der Waals surface area contributed by atoms with E-state index in [1.807, 2.05) is 18.2 Å². The highest BCUT2D eigenvalue weighted by Gasteiger charge is 2.00. The van der Waals surface area contributed by atoms with Crippen LogP contribution in [0.15, 0.2) is 22.6 Å². The van der Waals surface area contributed by atoms with Gasteiger partial charge in [0.1, 0.15) is 5.84 Å². The van der Waals surface area contributed by atoms with Gasteiger partial charge in [-0.05, 0) is 36.1 Å². The van der Waals surface area contributed by atoms with Crippen LogP contribution in [0.5, 0.6) is 0 Å². The Kier molecular flexibility index (Phi) is 4.94. The lowest BCUT2D eigenvalue weighted by Gasteiger charge is -2.04. The highest BCUT2D eigenvalue weighted by molar-refractivity contribution is 7.97. The monoisotopic (exact) mass is 243 g/mol. The second-order valence-corrected chi connectivity index (χ2v) is 4.27. The number of hydrogen-bond acceptors (Lipinski definition) is 3. The molecule has 5 heteroatoms. The molecule has 0 unspecified atom stereocenters. The molecule has 0 bridgehead atoms. The molecule has 0 heterocycles. The van der Waals surface area contributed by atoms with Crippen molar-refractivity contribution in [1.29, 1.82) is 0 Å². The zero-order chi connectivity index (χ0) is 11.3. The van der Waals surface area contributed by atoms with Crippen LogP contribution >= 0.6 is 23.5 Å². The van der Waals surface area contributed by atoms with Gasteiger partial charge in [-0.25, -0.2) is 4.40 Å². The van der Waals surface area contributed by atoms with Gasteiger partial charge >= 0.3 is 0 Å². The summed E-state index contributed by atoms with van der Waals surface area (Å²) >= 11 is 7.37. The molecule has 1 aromatic rings. The van der Waals surface area contributed by atoms with E-state index in [1.165, 1.54) is 11.9 Å². The molecule has 0 aromatic heterocycles. The third-order valence-electron chi connectivity index (χ3n) is 1.77. The maximum Gasteiger partial charge on any atom is 0.104 e. The van der Waals surface area contributed by atoms with Gasteiger partial charge in [-0.1, -0.05) is 23.7 Å². The lowest BCUT2D eigenvalue weighted by Crippen LogP contribution is -2.03. The van der Waals surface area contributed by atoms with Crippen LogP contribution < -0.4 is 11.5 Å². The summed E-state index contributed by atoms with van der Waals surface area (Å²) in [6, 6.07) is 5.82. The van der Waals surface area contributed by atoms with Gasteiger partial charge in [0.2, 0.25) is 0 Å². The van der Waals surface area contributed by atoms with E-state index in [0.717, 1.165) is 16.9 Å². The number of amidine groups is 1. The molecule has 0 fully saturated rings. The minimum absolute atomic E-state index is 0.455. The van der Waals surface area contributed by atoms with E-state index >= 15 is 0 Å². The molecular weight excluding hydrogens is 230 g/mol. The molecular formula is C10H14ClN3S. The molecule has 0 aliphatic carbocycles. The fourth-order valence-electron chi connectivity index (χ4n) is 1.08. The normalized spacial score (nSPS) is 11.8. The first-order chi connectivity index (χ1) is 7.13. The number of nitrogens with two attached hydrogens (primary N) is 2. The van der Waals surface area contributed by atoms with E-state index in [-0.39, 0.29) is 0 Å². The second-order valence-electron chi connectivity index (χ2n) is 3.14. The zero-order valence-electron chi connectivity index (χ0n) is 8.53. The van der Waals surface area contributed by atoms with Crippen LogP contribution in [0.4, 0.5) is 0 Å². The summed E-state index contributed by atoms with van der Waals surface area (Å²) in [6.45, 7) is 2.22. The van der Waals surface area contributed by atoms with Crippen molar-refractivity contribution in [1.82, 2.24) is 0 Å². The Labute approximate surface area is 99.0 Å². The summed E-state index contributed by atoms with van der Waals surface area (Å²) in [5, 5.41) is 0.713. The molecule has 0 aliphatic rings. The zero-order valence-corrected chi connectivity index (χ0v) is 10.1. The topological polar surface area (TPSA) is 64.4 Å². The van der Waals surface area contributed by atoms with Gasteiger partial charge in [0.05, 0.1) is 0 Å². The highest BCUT2D eigenvalue weighted by Crippen LogP contribution is 2.20. The first-order valence-corrected chi connectivity index (χ1v) is 5.85. The van der Waals surface area contributed by atoms with Gasteiger partial charge in [0, 0.05) is 17.3 Å². The summed E-state index contributed by atoms with van der Waals surface area (Å²) in [5.41, 5.74) is 13.1. The van der Waals surface area contributed by atoms with Gasteiger partial charge in [-0.3, -0.25) is 0 Å². The molecule has 0 radical (unpaired) electrons. The van der Waals surface area contributed by atoms with Crippen molar-refractivity contribution in [3.63, 3.8) is 0 Å². The van der Waals surface area contributed by atoms with Crippen LogP contribution in [-0.2, 0) is 12.3 Å². The molecule has 0 spiro atoms. The lowest BCUT2D eigenvalue weighted by atomic mass is 10.1. The number of benzene rings is 1. The van der Waals surface area contributed by atoms with Gasteiger partial charge in [-0.2, -0.15) is 0 Å². The predicted octanol–water partition coefficient (Wildman–Crippen LogP) is 2.32. The Morgan fingerprint density at radius 3 is 2.87 bits per heavy atom. The highest BCUT2D eigenvalue weighted by atomic mass is 35.5. The third kappa shape index (κ3) is 4.11. The molecule has 0 amide bonds. The minimum atomic E-state index is 0.455. The molecule has 0 atom stereocenters. The van der Waals surface area contributed by atoms with E-state index in [1.54, 1.807) is 6.92 Å². The minimum Gasteiger partial charge on any atom is -0.387 e. The molecule has 1 aromatic carbocycles. The van der Waals surface area contributed by atoms with E-state index in [9.17, 15) is 0 Å². The van der Waals surface area contributed by atoms with Gasteiger partial charge in [0.25, 0.3) is 0 Å². The van der Waals surface area contributed by atoms with Crippen molar-refractivity contribution in [2.24, 2.45) is 15.9 Å². The molecule has 4 N–H and O–H groups in total. The smallest absolute Gasteiger partial charge is 0.104 e. The Morgan fingerprint density at radius 2 is 2.27 bits per heavy atom. The summed E-state index contributed by atoms with van der Waals surface area (Å²) in [7, 11) is 0. The van der Waals surface area contributed by atoms with Gasteiger partial charge in [-0.15, -0.1) is 0 Å². The molecule has 15 heavy (non-hydrogen) atoms. The van der Waals surface area contributed by atoms with Crippen LogP contribution in [0.1, 0.15) is 18.1 Å². The first-order valence-electron chi connectivity index (χ1n) is 4.53. The SMILES string of the molecule is C/C(N)=N/SCc1ccc(Cl)c(CN)c1. The molecule has 0 aliphatic heterocycles. The van der Waals surface area contributed by atoms with Crippen LogP contribution in [-0.4, -0.2) is 5.84 Å². The Balaban J connectivity index is 2.66. The van der Waals surface area contributed by atoms with Crippen molar-refractivity contribution < 1.29 is 0 Å². The van der Waals surface area contributed by atoms with Crippen molar-refractivity contribution in [3.05, 3.63) is 34.3 Å². The van der Waals surface area contributed by atoms with Crippen molar-refractivity contribution >= 4 is 29.4 Å². The van der Waals surface area contributed by atoms with Crippen molar-refractivity contribution in [3.8, 4) is 0 Å². The van der Waals surface area contributed by atoms with Crippen LogP contribution in [0.25, 0.3) is 0 Å². The average Bonchev–Trinajstić information content (AvgIpc) is 2.20. The number of halogens is 1. The summed E-state index contributed by atoms with van der Waals surface area (Å²) in [6.07, 6.45) is 0. The van der Waals surface area contributed by atoms with Crippen molar-refractivity contribution in [2.75, 3.05) is 0 Å². The van der Waals surface area contributed by atoms with Crippen LogP contribution in [0.3, 0.4) is 0 Å². The summed E-state index contributed by atoms with van der Waals surface area (Å²) in [5.74, 6) is 1.35. The van der Waals surface area contributed by atoms with E-state index < -0.39 is 0 Å². The quantitative estimate of drug-likeness (QED) is 0.485. The predicted molar refractivity (Wildman–Crippen MR) is 67.9 cm³/mol. The number of rotatable bonds is 4.